The number of ether oxygens (including phenoxy) is 1. The maximum Gasteiger partial charge on any atom is 0.0731 e. The van der Waals surface area contributed by atoms with Gasteiger partial charge < -0.3 is 10.1 Å². The summed E-state index contributed by atoms with van der Waals surface area (Å²) in [6.07, 6.45) is 4.52. The molecule has 2 rings (SSSR count). The molecule has 0 amide bonds. The predicted molar refractivity (Wildman–Crippen MR) is 53.7 cm³/mol. The van der Waals surface area contributed by atoms with Crippen molar-refractivity contribution in [3.63, 3.8) is 0 Å². The van der Waals surface area contributed by atoms with Gasteiger partial charge in [0.05, 0.1) is 12.7 Å². The monoisotopic (exact) mass is 183 g/mol. The van der Waals surface area contributed by atoms with E-state index in [0.717, 1.165) is 25.0 Å². The lowest BCUT2D eigenvalue weighted by Gasteiger charge is -2.31. The van der Waals surface area contributed by atoms with Crippen LogP contribution in [0, 0.1) is 11.8 Å². The largest absolute Gasteiger partial charge is 0.375 e. The number of rotatable bonds is 2. The molecule has 0 spiro atoms. The first-order valence-electron chi connectivity index (χ1n) is 5.62. The zero-order valence-corrected chi connectivity index (χ0v) is 8.75. The Hall–Kier alpha value is -0.0800. The number of fused-ring (bicyclic) bond motifs is 1. The van der Waals surface area contributed by atoms with Gasteiger partial charge in [-0.15, -0.1) is 0 Å². The molecule has 1 saturated heterocycles. The topological polar surface area (TPSA) is 21.3 Å². The average molecular weight is 183 g/mol. The molecule has 1 N–H and O–H groups in total. The average Bonchev–Trinajstić information content (AvgIpc) is 2.48. The van der Waals surface area contributed by atoms with Crippen LogP contribution >= 0.6 is 0 Å². The minimum atomic E-state index is 0.525. The Kier molecular flexibility index (Phi) is 2.89. The summed E-state index contributed by atoms with van der Waals surface area (Å²) >= 11 is 0. The Bertz CT molecular complexity index is 169. The number of morpholine rings is 1. The van der Waals surface area contributed by atoms with E-state index in [0.29, 0.717) is 12.1 Å². The fourth-order valence-electron chi connectivity index (χ4n) is 2.83. The van der Waals surface area contributed by atoms with E-state index in [1.54, 1.807) is 0 Å². The quantitative estimate of drug-likeness (QED) is 0.705. The molecule has 0 bridgehead atoms. The van der Waals surface area contributed by atoms with Crippen LogP contribution in [-0.4, -0.2) is 25.3 Å². The summed E-state index contributed by atoms with van der Waals surface area (Å²) in [5.41, 5.74) is 0. The first kappa shape index (κ1) is 9.47. The second-order valence-corrected chi connectivity index (χ2v) is 4.86. The SMILES string of the molecule is CC(C)CC1CCC2OCCNC12. The summed E-state index contributed by atoms with van der Waals surface area (Å²) in [5, 5.41) is 3.61. The van der Waals surface area contributed by atoms with Gasteiger partial charge in [0.1, 0.15) is 0 Å². The molecule has 0 radical (unpaired) electrons. The molecule has 2 fully saturated rings. The highest BCUT2D eigenvalue weighted by Gasteiger charge is 2.38. The van der Waals surface area contributed by atoms with Crippen molar-refractivity contribution in [1.82, 2.24) is 5.32 Å². The van der Waals surface area contributed by atoms with Crippen LogP contribution in [0.1, 0.15) is 33.1 Å². The fraction of sp³-hybridized carbons (Fsp3) is 1.00. The van der Waals surface area contributed by atoms with Crippen molar-refractivity contribution < 1.29 is 4.74 Å². The normalized spacial score (nSPS) is 39.5. The van der Waals surface area contributed by atoms with Gasteiger partial charge in [-0.2, -0.15) is 0 Å². The molecule has 76 valence electrons. The Balaban J connectivity index is 1.91. The van der Waals surface area contributed by atoms with Crippen LogP contribution in [0.3, 0.4) is 0 Å². The minimum absolute atomic E-state index is 0.525. The van der Waals surface area contributed by atoms with Gasteiger partial charge in [-0.05, 0) is 31.1 Å². The number of hydrogen-bond donors (Lipinski definition) is 1. The first-order valence-corrected chi connectivity index (χ1v) is 5.62. The van der Waals surface area contributed by atoms with Crippen molar-refractivity contribution in [3.8, 4) is 0 Å². The molecule has 2 nitrogen and oxygen atoms in total. The van der Waals surface area contributed by atoms with E-state index in [2.05, 4.69) is 19.2 Å². The summed E-state index contributed by atoms with van der Waals surface area (Å²) in [6, 6.07) is 0.663. The summed E-state index contributed by atoms with van der Waals surface area (Å²) in [6.45, 7) is 6.60. The third-order valence-electron chi connectivity index (χ3n) is 3.32. The third kappa shape index (κ3) is 2.05. The van der Waals surface area contributed by atoms with Gasteiger partial charge in [-0.25, -0.2) is 0 Å². The lowest BCUT2D eigenvalue weighted by molar-refractivity contribution is 0.00288. The summed E-state index contributed by atoms with van der Waals surface area (Å²) < 4.78 is 5.75. The zero-order chi connectivity index (χ0) is 9.26. The third-order valence-corrected chi connectivity index (χ3v) is 3.32. The molecular weight excluding hydrogens is 162 g/mol. The van der Waals surface area contributed by atoms with Gasteiger partial charge in [-0.3, -0.25) is 0 Å². The molecule has 3 atom stereocenters. The Morgan fingerprint density at radius 1 is 1.38 bits per heavy atom. The van der Waals surface area contributed by atoms with E-state index in [-0.39, 0.29) is 0 Å². The van der Waals surface area contributed by atoms with Crippen molar-refractivity contribution in [2.45, 2.75) is 45.3 Å². The van der Waals surface area contributed by atoms with E-state index in [1.165, 1.54) is 19.3 Å². The van der Waals surface area contributed by atoms with Gasteiger partial charge in [0.25, 0.3) is 0 Å². The maximum absolute atomic E-state index is 5.75. The standard InChI is InChI=1S/C11H21NO/c1-8(2)7-9-3-4-10-11(9)12-5-6-13-10/h8-12H,3-7H2,1-2H3. The fourth-order valence-corrected chi connectivity index (χ4v) is 2.83. The molecule has 2 aliphatic rings. The summed E-state index contributed by atoms with van der Waals surface area (Å²) in [5.74, 6) is 1.69. The molecule has 2 heteroatoms. The zero-order valence-electron chi connectivity index (χ0n) is 8.75. The molecule has 0 aromatic rings. The smallest absolute Gasteiger partial charge is 0.0731 e. The molecule has 1 saturated carbocycles. The summed E-state index contributed by atoms with van der Waals surface area (Å²) in [7, 11) is 0. The molecule has 0 aromatic heterocycles. The van der Waals surface area contributed by atoms with Crippen LogP contribution in [0.4, 0.5) is 0 Å². The summed E-state index contributed by atoms with van der Waals surface area (Å²) in [4.78, 5) is 0. The second-order valence-electron chi connectivity index (χ2n) is 4.86. The van der Waals surface area contributed by atoms with Gasteiger partial charge in [0.15, 0.2) is 0 Å². The second kappa shape index (κ2) is 3.97. The van der Waals surface area contributed by atoms with Crippen molar-refractivity contribution in [3.05, 3.63) is 0 Å². The highest BCUT2D eigenvalue weighted by molar-refractivity contribution is 4.93. The predicted octanol–water partition coefficient (Wildman–Crippen LogP) is 1.80. The number of hydrogen-bond acceptors (Lipinski definition) is 2. The van der Waals surface area contributed by atoms with Crippen molar-refractivity contribution in [2.75, 3.05) is 13.2 Å². The molecule has 1 aliphatic heterocycles. The van der Waals surface area contributed by atoms with E-state index in [1.807, 2.05) is 0 Å². The Morgan fingerprint density at radius 3 is 3.00 bits per heavy atom. The maximum atomic E-state index is 5.75. The highest BCUT2D eigenvalue weighted by Crippen LogP contribution is 2.34. The van der Waals surface area contributed by atoms with Crippen molar-refractivity contribution in [2.24, 2.45) is 11.8 Å². The van der Waals surface area contributed by atoms with Crippen LogP contribution < -0.4 is 5.32 Å². The van der Waals surface area contributed by atoms with E-state index in [9.17, 15) is 0 Å². The minimum Gasteiger partial charge on any atom is -0.375 e. The van der Waals surface area contributed by atoms with E-state index >= 15 is 0 Å². The van der Waals surface area contributed by atoms with Gasteiger partial charge >= 0.3 is 0 Å². The molecule has 0 aromatic carbocycles. The molecule has 3 unspecified atom stereocenters. The highest BCUT2D eigenvalue weighted by atomic mass is 16.5. The van der Waals surface area contributed by atoms with Gasteiger partial charge in [-0.1, -0.05) is 13.8 Å². The van der Waals surface area contributed by atoms with Crippen LogP contribution in [0.25, 0.3) is 0 Å². The molecule has 1 aliphatic carbocycles. The van der Waals surface area contributed by atoms with E-state index < -0.39 is 0 Å². The Labute approximate surface area is 81.0 Å². The van der Waals surface area contributed by atoms with Gasteiger partial charge in [0.2, 0.25) is 0 Å². The lowest BCUT2D eigenvalue weighted by Crippen LogP contribution is -2.48. The van der Waals surface area contributed by atoms with Crippen molar-refractivity contribution >= 4 is 0 Å². The van der Waals surface area contributed by atoms with Gasteiger partial charge in [0, 0.05) is 12.6 Å². The molecular formula is C11H21NO. The van der Waals surface area contributed by atoms with Crippen LogP contribution in [0.5, 0.6) is 0 Å². The first-order chi connectivity index (χ1) is 6.27. The van der Waals surface area contributed by atoms with Crippen LogP contribution in [0.2, 0.25) is 0 Å². The van der Waals surface area contributed by atoms with E-state index in [4.69, 9.17) is 4.74 Å². The number of nitrogens with one attached hydrogen (secondary N) is 1. The molecule has 13 heavy (non-hydrogen) atoms. The van der Waals surface area contributed by atoms with Crippen LogP contribution in [0.15, 0.2) is 0 Å². The van der Waals surface area contributed by atoms with Crippen molar-refractivity contribution in [1.29, 1.82) is 0 Å². The Morgan fingerprint density at radius 2 is 2.23 bits per heavy atom. The van der Waals surface area contributed by atoms with Crippen LogP contribution in [-0.2, 0) is 4.74 Å². The molecule has 1 heterocycles. The lowest BCUT2D eigenvalue weighted by atomic mass is 9.92.